The fourth-order valence-corrected chi connectivity index (χ4v) is 3.96. The lowest BCUT2D eigenvalue weighted by Crippen LogP contribution is -2.40. The van der Waals surface area contributed by atoms with Crippen molar-refractivity contribution in [1.29, 1.82) is 0 Å². The van der Waals surface area contributed by atoms with E-state index in [2.05, 4.69) is 4.72 Å². The number of sulfonamides is 1. The smallest absolute Gasteiger partial charge is 0.261 e. The SMILES string of the molecule is COc1ccc(S(=O)(=O)Nc2cccc(C)c2)cc1C(=O)N1CCOCC1. The van der Waals surface area contributed by atoms with Crippen LogP contribution in [0.1, 0.15) is 15.9 Å². The second-order valence-electron chi connectivity index (χ2n) is 6.24. The van der Waals surface area contributed by atoms with Crippen molar-refractivity contribution in [2.75, 3.05) is 38.1 Å². The molecule has 27 heavy (non-hydrogen) atoms. The predicted molar refractivity (Wildman–Crippen MR) is 102 cm³/mol. The number of morpholine rings is 1. The van der Waals surface area contributed by atoms with Crippen molar-refractivity contribution in [2.24, 2.45) is 0 Å². The monoisotopic (exact) mass is 390 g/mol. The maximum Gasteiger partial charge on any atom is 0.261 e. The lowest BCUT2D eigenvalue weighted by atomic mass is 10.1. The van der Waals surface area contributed by atoms with Crippen molar-refractivity contribution in [2.45, 2.75) is 11.8 Å². The first-order chi connectivity index (χ1) is 12.9. The molecule has 1 aliphatic heterocycles. The number of nitrogens with one attached hydrogen (secondary N) is 1. The average Bonchev–Trinajstić information content (AvgIpc) is 2.67. The van der Waals surface area contributed by atoms with Crippen LogP contribution >= 0.6 is 0 Å². The molecular weight excluding hydrogens is 368 g/mol. The molecule has 1 N–H and O–H groups in total. The first-order valence-electron chi connectivity index (χ1n) is 8.55. The molecule has 0 unspecified atom stereocenters. The molecule has 0 bridgehead atoms. The zero-order chi connectivity index (χ0) is 19.4. The summed E-state index contributed by atoms with van der Waals surface area (Å²) in [7, 11) is -2.39. The molecule has 1 aliphatic rings. The minimum Gasteiger partial charge on any atom is -0.496 e. The number of amides is 1. The third kappa shape index (κ3) is 4.40. The number of rotatable bonds is 5. The van der Waals surface area contributed by atoms with E-state index < -0.39 is 10.0 Å². The summed E-state index contributed by atoms with van der Waals surface area (Å²) in [5, 5.41) is 0. The number of ether oxygens (including phenoxy) is 2. The number of nitrogens with zero attached hydrogens (tertiary/aromatic N) is 1. The van der Waals surface area contributed by atoms with Crippen LogP contribution in [0.15, 0.2) is 47.4 Å². The van der Waals surface area contributed by atoms with Crippen molar-refractivity contribution in [3.63, 3.8) is 0 Å². The normalized spacial score (nSPS) is 14.7. The van der Waals surface area contributed by atoms with Gasteiger partial charge < -0.3 is 14.4 Å². The number of aryl methyl sites for hydroxylation is 1. The van der Waals surface area contributed by atoms with E-state index in [4.69, 9.17) is 9.47 Å². The van der Waals surface area contributed by atoms with E-state index in [1.165, 1.54) is 25.3 Å². The molecule has 2 aromatic carbocycles. The van der Waals surface area contributed by atoms with E-state index in [1.807, 2.05) is 13.0 Å². The van der Waals surface area contributed by atoms with Crippen LogP contribution in [0.5, 0.6) is 5.75 Å². The molecule has 3 rings (SSSR count). The van der Waals surface area contributed by atoms with Gasteiger partial charge in [0.05, 0.1) is 30.8 Å². The Balaban J connectivity index is 1.92. The Morgan fingerprint density at radius 3 is 2.56 bits per heavy atom. The molecular formula is C19H22N2O5S. The van der Waals surface area contributed by atoms with Crippen LogP contribution in [-0.2, 0) is 14.8 Å². The minimum atomic E-state index is -3.84. The lowest BCUT2D eigenvalue weighted by Gasteiger charge is -2.27. The maximum absolute atomic E-state index is 12.8. The van der Waals surface area contributed by atoms with Gasteiger partial charge in [-0.15, -0.1) is 0 Å². The van der Waals surface area contributed by atoms with E-state index in [9.17, 15) is 13.2 Å². The van der Waals surface area contributed by atoms with Gasteiger partial charge in [-0.25, -0.2) is 8.42 Å². The Labute approximate surface area is 158 Å². The third-order valence-corrected chi connectivity index (χ3v) is 5.66. The molecule has 8 heteroatoms. The van der Waals surface area contributed by atoms with Crippen LogP contribution in [0.25, 0.3) is 0 Å². The topological polar surface area (TPSA) is 84.9 Å². The number of methoxy groups -OCH3 is 1. The molecule has 0 aliphatic carbocycles. The molecule has 0 radical (unpaired) electrons. The van der Waals surface area contributed by atoms with E-state index in [1.54, 1.807) is 23.1 Å². The largest absolute Gasteiger partial charge is 0.496 e. The van der Waals surface area contributed by atoms with Crippen LogP contribution in [0.4, 0.5) is 5.69 Å². The summed E-state index contributed by atoms with van der Waals surface area (Å²) in [6.45, 7) is 3.72. The lowest BCUT2D eigenvalue weighted by molar-refractivity contribution is 0.0300. The van der Waals surface area contributed by atoms with Gasteiger partial charge in [0.15, 0.2) is 0 Å². The van der Waals surface area contributed by atoms with Gasteiger partial charge in [0, 0.05) is 18.8 Å². The van der Waals surface area contributed by atoms with Crippen molar-refractivity contribution in [1.82, 2.24) is 4.90 Å². The number of hydrogen-bond acceptors (Lipinski definition) is 5. The van der Waals surface area contributed by atoms with Gasteiger partial charge in [0.2, 0.25) is 0 Å². The molecule has 0 atom stereocenters. The fourth-order valence-electron chi connectivity index (χ4n) is 2.88. The molecule has 1 fully saturated rings. The van der Waals surface area contributed by atoms with Gasteiger partial charge in [-0.2, -0.15) is 0 Å². The van der Waals surface area contributed by atoms with Crippen molar-refractivity contribution in [3.8, 4) is 5.75 Å². The van der Waals surface area contributed by atoms with Gasteiger partial charge in [-0.05, 0) is 42.8 Å². The molecule has 0 saturated carbocycles. The van der Waals surface area contributed by atoms with Crippen LogP contribution < -0.4 is 9.46 Å². The van der Waals surface area contributed by atoms with Gasteiger partial charge in [-0.3, -0.25) is 9.52 Å². The van der Waals surface area contributed by atoms with Crippen LogP contribution in [0.2, 0.25) is 0 Å². The van der Waals surface area contributed by atoms with E-state index in [-0.39, 0.29) is 16.4 Å². The van der Waals surface area contributed by atoms with Crippen molar-refractivity contribution < 1.29 is 22.7 Å². The maximum atomic E-state index is 12.8. The third-order valence-electron chi connectivity index (χ3n) is 4.28. The summed E-state index contributed by atoms with van der Waals surface area (Å²) in [6.07, 6.45) is 0. The minimum absolute atomic E-state index is 0.00131. The second kappa shape index (κ2) is 7.98. The summed E-state index contributed by atoms with van der Waals surface area (Å²) in [5.41, 5.74) is 1.62. The molecule has 1 heterocycles. The zero-order valence-corrected chi connectivity index (χ0v) is 16.1. The summed E-state index contributed by atoms with van der Waals surface area (Å²) in [6, 6.07) is 11.3. The number of benzene rings is 2. The van der Waals surface area contributed by atoms with Crippen LogP contribution in [0.3, 0.4) is 0 Å². The fraction of sp³-hybridized carbons (Fsp3) is 0.316. The Morgan fingerprint density at radius 1 is 1.15 bits per heavy atom. The highest BCUT2D eigenvalue weighted by molar-refractivity contribution is 7.92. The molecule has 0 spiro atoms. The van der Waals surface area contributed by atoms with E-state index >= 15 is 0 Å². The highest BCUT2D eigenvalue weighted by Crippen LogP contribution is 2.26. The summed E-state index contributed by atoms with van der Waals surface area (Å²) in [4.78, 5) is 14.5. The van der Waals surface area contributed by atoms with Gasteiger partial charge in [-0.1, -0.05) is 12.1 Å². The molecule has 144 valence electrons. The number of hydrogen-bond donors (Lipinski definition) is 1. The summed E-state index contributed by atoms with van der Waals surface area (Å²) < 4.78 is 38.6. The second-order valence-corrected chi connectivity index (χ2v) is 7.92. The number of anilines is 1. The average molecular weight is 390 g/mol. The Morgan fingerprint density at radius 2 is 1.89 bits per heavy atom. The van der Waals surface area contributed by atoms with Crippen molar-refractivity contribution >= 4 is 21.6 Å². The summed E-state index contributed by atoms with van der Waals surface area (Å²) in [5.74, 6) is 0.0590. The quantitative estimate of drug-likeness (QED) is 0.847. The Bertz CT molecular complexity index is 937. The van der Waals surface area contributed by atoms with Gasteiger partial charge in [0.1, 0.15) is 5.75 Å². The molecule has 2 aromatic rings. The molecule has 1 amide bonds. The Hall–Kier alpha value is -2.58. The summed E-state index contributed by atoms with van der Waals surface area (Å²) >= 11 is 0. The highest BCUT2D eigenvalue weighted by Gasteiger charge is 2.24. The zero-order valence-electron chi connectivity index (χ0n) is 15.3. The molecule has 1 saturated heterocycles. The van der Waals surface area contributed by atoms with E-state index in [0.717, 1.165) is 5.56 Å². The first-order valence-corrected chi connectivity index (χ1v) is 10.0. The first kappa shape index (κ1) is 19.2. The standard InChI is InChI=1S/C19H22N2O5S/c1-14-4-3-5-15(12-14)20-27(23,24)16-6-7-18(25-2)17(13-16)19(22)21-8-10-26-11-9-21/h3-7,12-13,20H,8-11H2,1-2H3. The van der Waals surface area contributed by atoms with Crippen LogP contribution in [0, 0.1) is 6.92 Å². The predicted octanol–water partition coefficient (Wildman–Crippen LogP) is 2.28. The van der Waals surface area contributed by atoms with Crippen LogP contribution in [-0.4, -0.2) is 52.6 Å². The van der Waals surface area contributed by atoms with E-state index in [0.29, 0.717) is 37.7 Å². The highest BCUT2D eigenvalue weighted by atomic mass is 32.2. The molecule has 0 aromatic heterocycles. The number of carbonyl (C=O) groups is 1. The van der Waals surface area contributed by atoms with Crippen molar-refractivity contribution in [3.05, 3.63) is 53.6 Å². The van der Waals surface area contributed by atoms with Gasteiger partial charge in [0.25, 0.3) is 15.9 Å². The Kier molecular flexibility index (Phi) is 5.67. The molecule has 7 nitrogen and oxygen atoms in total. The van der Waals surface area contributed by atoms with Gasteiger partial charge >= 0.3 is 0 Å². The number of carbonyl (C=O) groups excluding carboxylic acids is 1.